The Kier molecular flexibility index (Phi) is 5.95. The Morgan fingerprint density at radius 3 is 2.53 bits per heavy atom. The van der Waals surface area contributed by atoms with E-state index in [9.17, 15) is 4.39 Å². The smallest absolute Gasteiger partial charge is 0.123 e. The summed E-state index contributed by atoms with van der Waals surface area (Å²) in [7, 11) is 1.71. The van der Waals surface area contributed by atoms with E-state index < -0.39 is 0 Å². The molecule has 1 N–H and O–H groups in total. The van der Waals surface area contributed by atoms with Crippen LogP contribution in [0.15, 0.2) is 24.3 Å². The molecule has 3 heteroatoms. The molecule has 0 aliphatic heterocycles. The van der Waals surface area contributed by atoms with E-state index in [-0.39, 0.29) is 23.4 Å². The fourth-order valence-corrected chi connectivity index (χ4v) is 2.02. The topological polar surface area (TPSA) is 21.3 Å². The largest absolute Gasteiger partial charge is 0.382 e. The van der Waals surface area contributed by atoms with E-state index in [1.54, 1.807) is 19.2 Å². The summed E-state index contributed by atoms with van der Waals surface area (Å²) in [5, 5.41) is 3.49. The molecule has 0 aliphatic rings. The van der Waals surface area contributed by atoms with Gasteiger partial charge in [0.15, 0.2) is 0 Å². The molecule has 1 rings (SSSR count). The van der Waals surface area contributed by atoms with Gasteiger partial charge in [-0.15, -0.1) is 0 Å². The molecule has 19 heavy (non-hydrogen) atoms. The minimum atomic E-state index is -0.177. The second-order valence-corrected chi connectivity index (χ2v) is 6.16. The lowest BCUT2D eigenvalue weighted by molar-refractivity contribution is 0.103. The van der Waals surface area contributed by atoms with Crippen LogP contribution in [0.2, 0.25) is 0 Å². The van der Waals surface area contributed by atoms with Crippen molar-refractivity contribution in [1.82, 2.24) is 5.32 Å². The Hall–Kier alpha value is -0.930. The van der Waals surface area contributed by atoms with Crippen LogP contribution in [0.25, 0.3) is 0 Å². The van der Waals surface area contributed by atoms with Crippen molar-refractivity contribution < 1.29 is 9.13 Å². The lowest BCUT2D eigenvalue weighted by Gasteiger charge is -2.27. The highest BCUT2D eigenvalue weighted by Gasteiger charge is 2.18. The summed E-state index contributed by atoms with van der Waals surface area (Å²) in [6, 6.07) is 6.86. The third-order valence-corrected chi connectivity index (χ3v) is 3.22. The lowest BCUT2D eigenvalue weighted by Crippen LogP contribution is -2.39. The van der Waals surface area contributed by atoms with E-state index in [1.165, 1.54) is 6.07 Å². The van der Waals surface area contributed by atoms with Crippen molar-refractivity contribution in [2.24, 2.45) is 0 Å². The molecule has 0 aromatic heterocycles. The van der Waals surface area contributed by atoms with E-state index in [4.69, 9.17) is 4.74 Å². The Balaban J connectivity index is 2.79. The summed E-state index contributed by atoms with van der Waals surface area (Å²) in [6.07, 6.45) is 1.04. The number of nitrogens with one attached hydrogen (secondary N) is 1. The zero-order chi connectivity index (χ0) is 14.5. The highest BCUT2D eigenvalue weighted by atomic mass is 19.1. The average Bonchev–Trinajstić information content (AvgIpc) is 2.33. The highest BCUT2D eigenvalue weighted by Crippen LogP contribution is 2.23. The number of methoxy groups -OCH3 is 1. The normalized spacial score (nSPS) is 15.3. The number of rotatable bonds is 6. The van der Waals surface area contributed by atoms with Gasteiger partial charge in [-0.25, -0.2) is 4.39 Å². The molecule has 0 radical (unpaired) electrons. The first-order valence-electron chi connectivity index (χ1n) is 6.85. The van der Waals surface area contributed by atoms with E-state index in [1.807, 2.05) is 13.0 Å². The minimum Gasteiger partial charge on any atom is -0.382 e. The van der Waals surface area contributed by atoms with Crippen molar-refractivity contribution in [2.75, 3.05) is 13.7 Å². The number of ether oxygens (including phenoxy) is 1. The van der Waals surface area contributed by atoms with Crippen molar-refractivity contribution in [3.05, 3.63) is 35.6 Å². The summed E-state index contributed by atoms with van der Waals surface area (Å²) in [5.41, 5.74) is 1.09. The first-order valence-corrected chi connectivity index (χ1v) is 6.85. The van der Waals surface area contributed by atoms with Crippen molar-refractivity contribution in [2.45, 2.75) is 51.7 Å². The van der Waals surface area contributed by atoms with Crippen LogP contribution in [-0.4, -0.2) is 25.3 Å². The first-order chi connectivity index (χ1) is 8.81. The highest BCUT2D eigenvalue weighted by molar-refractivity contribution is 5.21. The quantitative estimate of drug-likeness (QED) is 0.848. The van der Waals surface area contributed by atoms with Crippen molar-refractivity contribution >= 4 is 0 Å². The van der Waals surface area contributed by atoms with Crippen LogP contribution in [0, 0.1) is 5.82 Å². The van der Waals surface area contributed by atoms with Gasteiger partial charge in [-0.05, 0) is 57.7 Å². The zero-order valence-corrected chi connectivity index (χ0v) is 12.7. The van der Waals surface area contributed by atoms with Crippen LogP contribution >= 0.6 is 0 Å². The molecule has 0 amide bonds. The SMILES string of the molecule is COC(C)CC(CNC(C)(C)C)c1cccc(F)c1. The minimum absolute atomic E-state index is 0.0574. The van der Waals surface area contributed by atoms with Crippen molar-refractivity contribution in [1.29, 1.82) is 0 Å². The molecular weight excluding hydrogens is 241 g/mol. The standard InChI is InChI=1S/C16H26FNO/c1-12(19-5)9-14(11-18-16(2,3)4)13-7-6-8-15(17)10-13/h6-8,10,12,14,18H,9,11H2,1-5H3. The Bertz CT molecular complexity index is 387. The fraction of sp³-hybridized carbons (Fsp3) is 0.625. The first kappa shape index (κ1) is 16.1. The maximum atomic E-state index is 13.4. The molecule has 0 saturated heterocycles. The lowest BCUT2D eigenvalue weighted by atomic mass is 9.92. The monoisotopic (exact) mass is 267 g/mol. The van der Waals surface area contributed by atoms with Gasteiger partial charge in [-0.1, -0.05) is 12.1 Å². The molecule has 0 aliphatic carbocycles. The third-order valence-electron chi connectivity index (χ3n) is 3.22. The third kappa shape index (κ3) is 6.17. The van der Waals surface area contributed by atoms with Crippen LogP contribution in [0.5, 0.6) is 0 Å². The van der Waals surface area contributed by atoms with Crippen LogP contribution in [0.1, 0.15) is 45.6 Å². The molecule has 1 aromatic rings. The van der Waals surface area contributed by atoms with Gasteiger partial charge in [0.05, 0.1) is 6.10 Å². The molecule has 0 fully saturated rings. The Morgan fingerprint density at radius 1 is 1.32 bits per heavy atom. The summed E-state index contributed by atoms with van der Waals surface area (Å²) < 4.78 is 18.7. The van der Waals surface area contributed by atoms with Gasteiger partial charge in [0.1, 0.15) is 5.82 Å². The second kappa shape index (κ2) is 7.01. The van der Waals surface area contributed by atoms with E-state index >= 15 is 0 Å². The number of benzene rings is 1. The summed E-state index contributed by atoms with van der Waals surface area (Å²) >= 11 is 0. The summed E-state index contributed by atoms with van der Waals surface area (Å²) in [5.74, 6) is 0.0770. The van der Waals surface area contributed by atoms with Crippen LogP contribution < -0.4 is 5.32 Å². The molecule has 2 nitrogen and oxygen atoms in total. The number of hydrogen-bond donors (Lipinski definition) is 1. The molecule has 0 saturated carbocycles. The number of halogens is 1. The predicted octanol–water partition coefficient (Wildman–Crippen LogP) is 3.72. The number of hydrogen-bond acceptors (Lipinski definition) is 2. The van der Waals surface area contributed by atoms with Gasteiger partial charge in [0.25, 0.3) is 0 Å². The molecule has 2 atom stereocenters. The van der Waals surface area contributed by atoms with Gasteiger partial charge in [0, 0.05) is 19.2 Å². The van der Waals surface area contributed by atoms with E-state index in [2.05, 4.69) is 26.1 Å². The van der Waals surface area contributed by atoms with E-state index in [0.717, 1.165) is 18.5 Å². The Labute approximate surface area is 116 Å². The molecular formula is C16H26FNO. The van der Waals surface area contributed by atoms with E-state index in [0.29, 0.717) is 0 Å². The van der Waals surface area contributed by atoms with Gasteiger partial charge in [-0.2, -0.15) is 0 Å². The molecule has 0 spiro atoms. The summed E-state index contributed by atoms with van der Waals surface area (Å²) in [6.45, 7) is 9.27. The van der Waals surface area contributed by atoms with Crippen molar-refractivity contribution in [3.8, 4) is 0 Å². The molecule has 0 bridgehead atoms. The van der Waals surface area contributed by atoms with Crippen LogP contribution in [0.3, 0.4) is 0 Å². The Morgan fingerprint density at radius 2 is 2.00 bits per heavy atom. The molecule has 1 aromatic carbocycles. The fourth-order valence-electron chi connectivity index (χ4n) is 2.02. The van der Waals surface area contributed by atoms with Gasteiger partial charge < -0.3 is 10.1 Å². The van der Waals surface area contributed by atoms with Crippen LogP contribution in [-0.2, 0) is 4.74 Å². The van der Waals surface area contributed by atoms with Gasteiger partial charge >= 0.3 is 0 Å². The van der Waals surface area contributed by atoms with Gasteiger partial charge in [-0.3, -0.25) is 0 Å². The molecule has 2 unspecified atom stereocenters. The zero-order valence-electron chi connectivity index (χ0n) is 12.7. The average molecular weight is 267 g/mol. The predicted molar refractivity (Wildman–Crippen MR) is 78.0 cm³/mol. The maximum Gasteiger partial charge on any atom is 0.123 e. The maximum absolute atomic E-state index is 13.4. The van der Waals surface area contributed by atoms with Crippen molar-refractivity contribution in [3.63, 3.8) is 0 Å². The molecule has 108 valence electrons. The second-order valence-electron chi connectivity index (χ2n) is 6.16. The molecule has 0 heterocycles. The van der Waals surface area contributed by atoms with Gasteiger partial charge in [0.2, 0.25) is 0 Å². The van der Waals surface area contributed by atoms with Crippen LogP contribution in [0.4, 0.5) is 4.39 Å². The summed E-state index contributed by atoms with van der Waals surface area (Å²) in [4.78, 5) is 0.